The van der Waals surface area contributed by atoms with Crippen LogP contribution in [-0.2, 0) is 6.42 Å². The van der Waals surface area contributed by atoms with E-state index in [-0.39, 0.29) is 17.3 Å². The van der Waals surface area contributed by atoms with Crippen molar-refractivity contribution >= 4 is 11.8 Å². The van der Waals surface area contributed by atoms with Crippen molar-refractivity contribution in [2.75, 3.05) is 0 Å². The van der Waals surface area contributed by atoms with Crippen molar-refractivity contribution in [2.45, 2.75) is 38.8 Å². The molecule has 158 valence electrons. The number of hydrogen-bond donors (Lipinski definition) is 3. The number of carbonyl (C=O) groups is 2. The van der Waals surface area contributed by atoms with Gasteiger partial charge in [0, 0.05) is 6.42 Å². The van der Waals surface area contributed by atoms with Crippen LogP contribution >= 0.6 is 0 Å². The van der Waals surface area contributed by atoms with Crippen molar-refractivity contribution in [1.29, 1.82) is 0 Å². The van der Waals surface area contributed by atoms with Gasteiger partial charge in [-0.25, -0.2) is 9.97 Å². The smallest absolute Gasteiger partial charge is 0.273 e. The van der Waals surface area contributed by atoms with E-state index in [9.17, 15) is 9.59 Å². The summed E-state index contributed by atoms with van der Waals surface area (Å²) in [6.07, 6.45) is 3.52. The highest BCUT2D eigenvalue weighted by Crippen LogP contribution is 2.21. The maximum absolute atomic E-state index is 12.8. The van der Waals surface area contributed by atoms with Crippen LogP contribution < -0.4 is 16.8 Å². The van der Waals surface area contributed by atoms with Crippen LogP contribution in [0.2, 0.25) is 0 Å². The summed E-state index contributed by atoms with van der Waals surface area (Å²) in [5.41, 5.74) is 12.4. The predicted octanol–water partition coefficient (Wildman–Crippen LogP) is 2.52. The minimum absolute atomic E-state index is 0.0132. The molecule has 0 bridgehead atoms. The number of hydrogen-bond acceptors (Lipinski definition) is 7. The van der Waals surface area contributed by atoms with Crippen molar-refractivity contribution in [1.82, 2.24) is 15.3 Å². The number of oxazole rings is 2. The van der Waals surface area contributed by atoms with Crippen LogP contribution in [0.4, 0.5) is 0 Å². The van der Waals surface area contributed by atoms with Gasteiger partial charge in [0.2, 0.25) is 11.8 Å². The number of nitrogens with two attached hydrogens (primary N) is 2. The zero-order chi connectivity index (χ0) is 21.7. The zero-order valence-electron chi connectivity index (χ0n) is 16.9. The molecular formula is C21H25N5O4. The first-order valence-electron chi connectivity index (χ1n) is 9.64. The van der Waals surface area contributed by atoms with E-state index in [0.717, 1.165) is 5.56 Å². The van der Waals surface area contributed by atoms with E-state index in [2.05, 4.69) is 15.3 Å². The van der Waals surface area contributed by atoms with Gasteiger partial charge in [0.25, 0.3) is 11.8 Å². The molecule has 5 N–H and O–H groups in total. The summed E-state index contributed by atoms with van der Waals surface area (Å²) >= 11 is 0. The Morgan fingerprint density at radius 1 is 1.03 bits per heavy atom. The minimum Gasteiger partial charge on any atom is -0.446 e. The Morgan fingerprint density at radius 3 is 2.30 bits per heavy atom. The molecule has 0 unspecified atom stereocenters. The largest absolute Gasteiger partial charge is 0.446 e. The highest BCUT2D eigenvalue weighted by Gasteiger charge is 2.25. The number of aromatic nitrogens is 2. The normalized spacial score (nSPS) is 13.2. The minimum atomic E-state index is -0.713. The maximum Gasteiger partial charge on any atom is 0.273 e. The first-order chi connectivity index (χ1) is 14.3. The van der Waals surface area contributed by atoms with Crippen LogP contribution in [0.15, 0.2) is 51.7 Å². The van der Waals surface area contributed by atoms with Crippen LogP contribution in [0.1, 0.15) is 70.7 Å². The second-order valence-corrected chi connectivity index (χ2v) is 7.46. The van der Waals surface area contributed by atoms with Crippen molar-refractivity contribution in [3.05, 3.63) is 71.6 Å². The van der Waals surface area contributed by atoms with E-state index < -0.39 is 23.9 Å². The third-order valence-electron chi connectivity index (χ3n) is 4.46. The lowest BCUT2D eigenvalue weighted by molar-refractivity contribution is 0.0924. The summed E-state index contributed by atoms with van der Waals surface area (Å²) in [4.78, 5) is 32.5. The summed E-state index contributed by atoms with van der Waals surface area (Å²) in [5, 5.41) is 2.83. The molecule has 2 aromatic heterocycles. The van der Waals surface area contributed by atoms with E-state index >= 15 is 0 Å². The summed E-state index contributed by atoms with van der Waals surface area (Å²) in [6, 6.07) is 8.46. The fourth-order valence-corrected chi connectivity index (χ4v) is 3.01. The molecule has 0 aliphatic heterocycles. The zero-order valence-corrected chi connectivity index (χ0v) is 16.9. The maximum atomic E-state index is 12.8. The van der Waals surface area contributed by atoms with Crippen molar-refractivity contribution in [3.8, 4) is 0 Å². The summed E-state index contributed by atoms with van der Waals surface area (Å²) in [6.45, 7) is 4.09. The van der Waals surface area contributed by atoms with Crippen LogP contribution in [0.25, 0.3) is 0 Å². The molecular weight excluding hydrogens is 386 g/mol. The molecule has 2 amide bonds. The Morgan fingerprint density at radius 2 is 1.67 bits per heavy atom. The van der Waals surface area contributed by atoms with E-state index in [1.807, 2.05) is 44.2 Å². The van der Waals surface area contributed by atoms with E-state index in [4.69, 9.17) is 20.3 Å². The Hall–Kier alpha value is -3.46. The fourth-order valence-electron chi connectivity index (χ4n) is 3.01. The molecule has 2 heterocycles. The Kier molecular flexibility index (Phi) is 6.63. The molecule has 2 atom stereocenters. The molecule has 0 radical (unpaired) electrons. The Bertz CT molecular complexity index is 996. The van der Waals surface area contributed by atoms with Gasteiger partial charge in [0.05, 0.1) is 6.04 Å². The van der Waals surface area contributed by atoms with E-state index in [1.165, 1.54) is 12.5 Å². The topological polar surface area (TPSA) is 150 Å². The average molecular weight is 411 g/mol. The molecule has 0 aliphatic carbocycles. The standard InChI is InChI=1S/C21H25N5O4/c1-12(2)8-14(22)20-26-17(11-29-20)19(28)24-15(9-13-6-4-3-5-7-13)21-25-16(10-30-21)18(23)27/h3-7,10-12,14-15H,8-9,22H2,1-2H3,(H2,23,27)(H,24,28)/t14-,15-/m0/s1. The highest BCUT2D eigenvalue weighted by molar-refractivity contribution is 5.92. The van der Waals surface area contributed by atoms with Gasteiger partial charge in [-0.2, -0.15) is 0 Å². The van der Waals surface area contributed by atoms with Gasteiger partial charge in [-0.05, 0) is 17.9 Å². The van der Waals surface area contributed by atoms with Crippen molar-refractivity contribution in [2.24, 2.45) is 17.4 Å². The van der Waals surface area contributed by atoms with E-state index in [1.54, 1.807) is 0 Å². The number of nitrogens with zero attached hydrogens (tertiary/aromatic N) is 2. The van der Waals surface area contributed by atoms with Crippen molar-refractivity contribution in [3.63, 3.8) is 0 Å². The van der Waals surface area contributed by atoms with Crippen molar-refractivity contribution < 1.29 is 18.4 Å². The second kappa shape index (κ2) is 9.36. The van der Waals surface area contributed by atoms with Gasteiger partial charge in [0.15, 0.2) is 11.4 Å². The Balaban J connectivity index is 1.79. The highest BCUT2D eigenvalue weighted by atomic mass is 16.3. The third-order valence-corrected chi connectivity index (χ3v) is 4.46. The van der Waals surface area contributed by atoms with Gasteiger partial charge in [-0.3, -0.25) is 9.59 Å². The van der Waals surface area contributed by atoms with Gasteiger partial charge < -0.3 is 25.6 Å². The van der Waals surface area contributed by atoms with Crippen LogP contribution in [-0.4, -0.2) is 21.8 Å². The predicted molar refractivity (Wildman–Crippen MR) is 108 cm³/mol. The molecule has 3 rings (SSSR count). The van der Waals surface area contributed by atoms with Gasteiger partial charge in [0.1, 0.15) is 18.6 Å². The summed E-state index contributed by atoms with van der Waals surface area (Å²) in [5.74, 6) is -0.345. The monoisotopic (exact) mass is 411 g/mol. The Labute approximate surface area is 173 Å². The first kappa shape index (κ1) is 21.3. The average Bonchev–Trinajstić information content (AvgIpc) is 3.38. The lowest BCUT2D eigenvalue weighted by atomic mass is 10.0. The number of carbonyl (C=O) groups excluding carboxylic acids is 2. The molecule has 0 aliphatic rings. The molecule has 30 heavy (non-hydrogen) atoms. The number of amides is 2. The molecule has 9 nitrogen and oxygen atoms in total. The first-order valence-corrected chi connectivity index (χ1v) is 9.64. The van der Waals surface area contributed by atoms with Crippen LogP contribution in [0.5, 0.6) is 0 Å². The second-order valence-electron chi connectivity index (χ2n) is 7.46. The summed E-state index contributed by atoms with van der Waals surface area (Å²) < 4.78 is 10.8. The van der Waals surface area contributed by atoms with Crippen LogP contribution in [0.3, 0.4) is 0 Å². The van der Waals surface area contributed by atoms with Gasteiger partial charge >= 0.3 is 0 Å². The number of primary amides is 1. The molecule has 9 heteroatoms. The molecule has 0 saturated carbocycles. The molecule has 3 aromatic rings. The number of rotatable bonds is 9. The quantitative estimate of drug-likeness (QED) is 0.489. The number of nitrogens with one attached hydrogen (secondary N) is 1. The third kappa shape index (κ3) is 5.32. The molecule has 0 fully saturated rings. The summed E-state index contributed by atoms with van der Waals surface area (Å²) in [7, 11) is 0. The SMILES string of the molecule is CC(C)C[C@H](N)c1nc(C(=O)N[C@@H](Cc2ccccc2)c2nc(C(N)=O)co2)co1. The number of benzene rings is 1. The molecule has 0 saturated heterocycles. The molecule has 1 aromatic carbocycles. The van der Waals surface area contributed by atoms with Crippen LogP contribution in [0, 0.1) is 5.92 Å². The van der Waals surface area contributed by atoms with Gasteiger partial charge in [-0.15, -0.1) is 0 Å². The lowest BCUT2D eigenvalue weighted by Gasteiger charge is -2.15. The van der Waals surface area contributed by atoms with Gasteiger partial charge in [-0.1, -0.05) is 44.2 Å². The fraction of sp³-hybridized carbons (Fsp3) is 0.333. The molecule has 0 spiro atoms. The van der Waals surface area contributed by atoms with E-state index in [0.29, 0.717) is 24.7 Å². The lowest BCUT2D eigenvalue weighted by Crippen LogP contribution is -2.30.